The Labute approximate surface area is 112 Å². The first-order valence-electron chi connectivity index (χ1n) is 6.08. The van der Waals surface area contributed by atoms with Crippen LogP contribution in [0, 0.1) is 10.1 Å². The molecule has 2 rings (SSSR count). The number of nitrogens with zero attached hydrogens (tertiary/aromatic N) is 4. The predicted octanol–water partition coefficient (Wildman–Crippen LogP) is 1.30. The molecule has 0 aromatic carbocycles. The highest BCUT2D eigenvalue weighted by Crippen LogP contribution is 2.18. The van der Waals surface area contributed by atoms with Crippen molar-refractivity contribution in [1.82, 2.24) is 4.98 Å². The Morgan fingerprint density at radius 1 is 1.47 bits per heavy atom. The second-order valence-electron chi connectivity index (χ2n) is 4.24. The molecule has 1 fully saturated rings. The van der Waals surface area contributed by atoms with Gasteiger partial charge in [-0.25, -0.2) is 13.6 Å². The minimum Gasteiger partial charge on any atom is -0.355 e. The molecule has 0 bridgehead atoms. The van der Waals surface area contributed by atoms with E-state index in [4.69, 9.17) is 0 Å². The van der Waals surface area contributed by atoms with Crippen LogP contribution in [-0.4, -0.2) is 45.3 Å². The lowest BCUT2D eigenvalue weighted by atomic mass is 10.4. The molecule has 0 spiro atoms. The van der Waals surface area contributed by atoms with E-state index in [1.54, 1.807) is 6.07 Å². The lowest BCUT2D eigenvalue weighted by molar-refractivity contribution is -0.385. The summed E-state index contributed by atoms with van der Waals surface area (Å²) in [6, 6.07) is 3.06. The van der Waals surface area contributed by atoms with Gasteiger partial charge in [-0.1, -0.05) is 0 Å². The fourth-order valence-corrected chi connectivity index (χ4v) is 3.93. The molecule has 1 aromatic rings. The summed E-state index contributed by atoms with van der Waals surface area (Å²) in [6.45, 7) is 3.70. The Kier molecular flexibility index (Phi) is 3.98. The van der Waals surface area contributed by atoms with Crippen molar-refractivity contribution in [3.8, 4) is 0 Å². The van der Waals surface area contributed by atoms with Gasteiger partial charge < -0.3 is 4.90 Å². The third kappa shape index (κ3) is 3.19. The summed E-state index contributed by atoms with van der Waals surface area (Å²) in [6.07, 6.45) is 1.25. The molecule has 1 aliphatic rings. The number of pyridine rings is 1. The van der Waals surface area contributed by atoms with Gasteiger partial charge in [-0.15, -0.1) is 0 Å². The van der Waals surface area contributed by atoms with E-state index in [9.17, 15) is 14.3 Å². The minimum absolute atomic E-state index is 0.0226. The summed E-state index contributed by atoms with van der Waals surface area (Å²) in [5.74, 6) is 1.74. The molecule has 1 aliphatic heterocycles. The summed E-state index contributed by atoms with van der Waals surface area (Å²) < 4.78 is 16.4. The third-order valence-electron chi connectivity index (χ3n) is 2.99. The van der Waals surface area contributed by atoms with Crippen molar-refractivity contribution in [1.29, 1.82) is 0 Å². The molecule has 1 saturated heterocycles. The second-order valence-corrected chi connectivity index (χ2v) is 6.86. The van der Waals surface area contributed by atoms with Crippen molar-refractivity contribution >= 4 is 21.2 Å². The van der Waals surface area contributed by atoms with E-state index in [2.05, 4.69) is 9.35 Å². The van der Waals surface area contributed by atoms with Crippen molar-refractivity contribution in [2.75, 3.05) is 36.0 Å². The van der Waals surface area contributed by atoms with E-state index in [0.717, 1.165) is 0 Å². The van der Waals surface area contributed by atoms with Crippen LogP contribution < -0.4 is 4.90 Å². The zero-order chi connectivity index (χ0) is 13.9. The Balaban J connectivity index is 2.08. The summed E-state index contributed by atoms with van der Waals surface area (Å²) in [4.78, 5) is 16.1. The standard InChI is InChI=1S/C11H16N4O3S/c1-2-13-19(18)7-5-14(6-8-19)11-4-3-10(9-12-11)15(16)17/h3-4,9H,2,5-8H2,1H3. The van der Waals surface area contributed by atoms with Crippen LogP contribution in [0.1, 0.15) is 6.92 Å². The summed E-state index contributed by atoms with van der Waals surface area (Å²) in [5.41, 5.74) is -0.0226. The monoisotopic (exact) mass is 284 g/mol. The molecule has 0 saturated carbocycles. The highest BCUT2D eigenvalue weighted by molar-refractivity contribution is 7.93. The molecule has 0 radical (unpaired) electrons. The smallest absolute Gasteiger partial charge is 0.287 e. The van der Waals surface area contributed by atoms with Crippen LogP contribution in [0.4, 0.5) is 11.5 Å². The van der Waals surface area contributed by atoms with Crippen LogP contribution >= 0.6 is 0 Å². The van der Waals surface area contributed by atoms with E-state index >= 15 is 0 Å². The Morgan fingerprint density at radius 2 is 2.16 bits per heavy atom. The number of nitro groups is 1. The largest absolute Gasteiger partial charge is 0.355 e. The van der Waals surface area contributed by atoms with Gasteiger partial charge in [-0.05, 0) is 13.0 Å². The first-order valence-corrected chi connectivity index (χ1v) is 7.93. The van der Waals surface area contributed by atoms with Gasteiger partial charge in [-0.3, -0.25) is 10.1 Å². The Bertz CT molecular complexity index is 564. The fraction of sp³-hybridized carbons (Fsp3) is 0.545. The SMILES string of the molecule is CCN=S1(=O)CCN(c2ccc([N+](=O)[O-])cn2)CC1. The Morgan fingerprint density at radius 3 is 2.63 bits per heavy atom. The molecule has 19 heavy (non-hydrogen) atoms. The predicted molar refractivity (Wildman–Crippen MR) is 73.9 cm³/mol. The van der Waals surface area contributed by atoms with Gasteiger partial charge in [0.2, 0.25) is 0 Å². The molecule has 1 aromatic heterocycles. The van der Waals surface area contributed by atoms with Crippen molar-refractivity contribution < 1.29 is 9.13 Å². The Hall–Kier alpha value is -1.70. The molecule has 0 unspecified atom stereocenters. The van der Waals surface area contributed by atoms with Crippen LogP contribution in [0.2, 0.25) is 0 Å². The van der Waals surface area contributed by atoms with Crippen molar-refractivity contribution in [2.45, 2.75) is 6.92 Å². The maximum absolute atomic E-state index is 12.2. The molecule has 2 heterocycles. The van der Waals surface area contributed by atoms with Crippen LogP contribution in [0.3, 0.4) is 0 Å². The van der Waals surface area contributed by atoms with Crippen molar-refractivity contribution in [2.24, 2.45) is 4.36 Å². The molecule has 0 atom stereocenters. The van der Waals surface area contributed by atoms with E-state index in [0.29, 0.717) is 37.0 Å². The van der Waals surface area contributed by atoms with Gasteiger partial charge in [0.1, 0.15) is 12.0 Å². The maximum Gasteiger partial charge on any atom is 0.287 e. The van der Waals surface area contributed by atoms with E-state index in [-0.39, 0.29) is 5.69 Å². The lowest BCUT2D eigenvalue weighted by Gasteiger charge is -2.29. The van der Waals surface area contributed by atoms with Gasteiger partial charge in [0.25, 0.3) is 5.69 Å². The van der Waals surface area contributed by atoms with Crippen molar-refractivity contribution in [3.05, 3.63) is 28.4 Å². The fourth-order valence-electron chi connectivity index (χ4n) is 1.99. The van der Waals surface area contributed by atoms with Gasteiger partial charge in [-0.2, -0.15) is 0 Å². The average molecular weight is 284 g/mol. The molecule has 0 aliphatic carbocycles. The van der Waals surface area contributed by atoms with Crippen LogP contribution in [0.15, 0.2) is 22.7 Å². The van der Waals surface area contributed by atoms with Gasteiger partial charge in [0.05, 0.1) is 14.7 Å². The molecule has 8 heteroatoms. The average Bonchev–Trinajstić information content (AvgIpc) is 2.40. The van der Waals surface area contributed by atoms with Gasteiger partial charge in [0, 0.05) is 37.2 Å². The maximum atomic E-state index is 12.2. The normalized spacial score (nSPS) is 18.1. The first-order chi connectivity index (χ1) is 9.04. The molecule has 0 amide bonds. The molecule has 104 valence electrons. The summed E-state index contributed by atoms with van der Waals surface area (Å²) in [7, 11) is -2.06. The van der Waals surface area contributed by atoms with E-state index in [1.807, 2.05) is 11.8 Å². The molecular weight excluding hydrogens is 268 g/mol. The minimum atomic E-state index is -2.06. The summed E-state index contributed by atoms with van der Waals surface area (Å²) in [5, 5.41) is 10.5. The molecule has 0 N–H and O–H groups in total. The van der Waals surface area contributed by atoms with Crippen LogP contribution in [0.5, 0.6) is 0 Å². The third-order valence-corrected chi connectivity index (χ3v) is 5.36. The topological polar surface area (TPSA) is 88.7 Å². The van der Waals surface area contributed by atoms with Gasteiger partial charge in [0.15, 0.2) is 0 Å². The molecule has 7 nitrogen and oxygen atoms in total. The van der Waals surface area contributed by atoms with Crippen LogP contribution in [-0.2, 0) is 9.73 Å². The zero-order valence-corrected chi connectivity index (χ0v) is 11.5. The molecular formula is C11H16N4O3S. The zero-order valence-electron chi connectivity index (χ0n) is 10.7. The van der Waals surface area contributed by atoms with E-state index in [1.165, 1.54) is 12.3 Å². The second kappa shape index (κ2) is 5.52. The number of aromatic nitrogens is 1. The number of anilines is 1. The van der Waals surface area contributed by atoms with Gasteiger partial charge >= 0.3 is 0 Å². The lowest BCUT2D eigenvalue weighted by Crippen LogP contribution is -2.40. The number of hydrogen-bond acceptors (Lipinski definition) is 6. The quantitative estimate of drug-likeness (QED) is 0.616. The van der Waals surface area contributed by atoms with Crippen molar-refractivity contribution in [3.63, 3.8) is 0 Å². The van der Waals surface area contributed by atoms with Crippen LogP contribution in [0.25, 0.3) is 0 Å². The number of hydrogen-bond donors (Lipinski definition) is 0. The summed E-state index contributed by atoms with van der Waals surface area (Å²) >= 11 is 0. The highest BCUT2D eigenvalue weighted by atomic mass is 32.2. The number of rotatable bonds is 3. The highest BCUT2D eigenvalue weighted by Gasteiger charge is 2.21. The van der Waals surface area contributed by atoms with E-state index < -0.39 is 14.7 Å². The first kappa shape index (κ1) is 13.7.